The summed E-state index contributed by atoms with van der Waals surface area (Å²) in [6, 6.07) is 24.6. The first kappa shape index (κ1) is 16.9. The zero-order valence-electron chi connectivity index (χ0n) is 16.2. The fourth-order valence-electron chi connectivity index (χ4n) is 3.98. The highest BCUT2D eigenvalue weighted by Gasteiger charge is 2.18. The van der Waals surface area contributed by atoms with Gasteiger partial charge in [0.25, 0.3) is 0 Å². The molecule has 0 saturated carbocycles. The van der Waals surface area contributed by atoms with E-state index in [-0.39, 0.29) is 5.41 Å². The van der Waals surface area contributed by atoms with E-state index in [0.717, 1.165) is 13.0 Å². The molecule has 1 heterocycles. The van der Waals surface area contributed by atoms with Gasteiger partial charge in [0.15, 0.2) is 0 Å². The monoisotopic (exact) mass is 341 g/mol. The lowest BCUT2D eigenvalue weighted by molar-refractivity contribution is 0.506. The molecule has 0 atom stereocenters. The number of aromatic nitrogens is 1. The van der Waals surface area contributed by atoms with Crippen LogP contribution in [0.3, 0.4) is 0 Å². The Hall–Kier alpha value is -2.54. The van der Waals surface area contributed by atoms with Crippen molar-refractivity contribution in [2.45, 2.75) is 46.1 Å². The molecule has 4 rings (SSSR count). The number of aryl methyl sites for hydroxylation is 1. The minimum Gasteiger partial charge on any atom is -0.341 e. The second kappa shape index (κ2) is 6.32. The second-order valence-electron chi connectivity index (χ2n) is 7.78. The summed E-state index contributed by atoms with van der Waals surface area (Å²) < 4.78 is 2.42. The van der Waals surface area contributed by atoms with Crippen LogP contribution in [0.2, 0.25) is 0 Å². The SMILES string of the molecule is CCn1c2ccccc2c2c(-c3ccc(C(C)(C)CC)cc3)cccc21. The molecule has 0 saturated heterocycles. The van der Waals surface area contributed by atoms with Crippen LogP contribution in [0.4, 0.5) is 0 Å². The molecule has 132 valence electrons. The summed E-state index contributed by atoms with van der Waals surface area (Å²) in [6.45, 7) is 10.1. The van der Waals surface area contributed by atoms with Crippen molar-refractivity contribution >= 4 is 21.8 Å². The number of rotatable bonds is 4. The quantitative estimate of drug-likeness (QED) is 0.371. The summed E-state index contributed by atoms with van der Waals surface area (Å²) in [5, 5.41) is 2.71. The molecule has 4 aromatic rings. The first-order valence-electron chi connectivity index (χ1n) is 9.67. The minimum absolute atomic E-state index is 0.225. The minimum atomic E-state index is 0.225. The number of hydrogen-bond acceptors (Lipinski definition) is 0. The van der Waals surface area contributed by atoms with Crippen LogP contribution >= 0.6 is 0 Å². The van der Waals surface area contributed by atoms with Crippen LogP contribution in [-0.4, -0.2) is 4.57 Å². The van der Waals surface area contributed by atoms with Crippen molar-refractivity contribution in [3.05, 3.63) is 72.3 Å². The molecule has 0 aliphatic rings. The van der Waals surface area contributed by atoms with Crippen molar-refractivity contribution in [1.82, 2.24) is 4.57 Å². The molecule has 0 amide bonds. The van der Waals surface area contributed by atoms with Crippen molar-refractivity contribution in [1.29, 1.82) is 0 Å². The van der Waals surface area contributed by atoms with E-state index in [1.807, 2.05) is 0 Å². The Labute approximate surface area is 156 Å². The summed E-state index contributed by atoms with van der Waals surface area (Å²) in [7, 11) is 0. The molecule has 1 aromatic heterocycles. The average Bonchev–Trinajstić information content (AvgIpc) is 3.02. The van der Waals surface area contributed by atoms with Crippen LogP contribution in [0.1, 0.15) is 39.7 Å². The second-order valence-corrected chi connectivity index (χ2v) is 7.78. The summed E-state index contributed by atoms with van der Waals surface area (Å²) in [6.07, 6.45) is 1.14. The van der Waals surface area contributed by atoms with E-state index in [1.54, 1.807) is 0 Å². The van der Waals surface area contributed by atoms with E-state index in [0.29, 0.717) is 0 Å². The molecule has 0 radical (unpaired) electrons. The Morgan fingerprint density at radius 2 is 1.46 bits per heavy atom. The van der Waals surface area contributed by atoms with Gasteiger partial charge in [-0.1, -0.05) is 75.4 Å². The van der Waals surface area contributed by atoms with Gasteiger partial charge in [-0.15, -0.1) is 0 Å². The van der Waals surface area contributed by atoms with Gasteiger partial charge in [-0.05, 0) is 47.6 Å². The molecule has 1 nitrogen and oxygen atoms in total. The van der Waals surface area contributed by atoms with Crippen LogP contribution in [0.25, 0.3) is 32.9 Å². The van der Waals surface area contributed by atoms with Crippen LogP contribution in [0.5, 0.6) is 0 Å². The van der Waals surface area contributed by atoms with Crippen molar-refractivity contribution in [2.24, 2.45) is 0 Å². The molecule has 0 bridgehead atoms. The lowest BCUT2D eigenvalue weighted by atomic mass is 9.81. The van der Waals surface area contributed by atoms with Gasteiger partial charge in [0, 0.05) is 28.4 Å². The highest BCUT2D eigenvalue weighted by Crippen LogP contribution is 2.37. The van der Waals surface area contributed by atoms with Crippen LogP contribution in [-0.2, 0) is 12.0 Å². The van der Waals surface area contributed by atoms with Crippen molar-refractivity contribution in [3.8, 4) is 11.1 Å². The average molecular weight is 341 g/mol. The molecule has 0 unspecified atom stereocenters. The topological polar surface area (TPSA) is 4.93 Å². The predicted octanol–water partition coefficient (Wildman–Crippen LogP) is 7.17. The number of hydrogen-bond donors (Lipinski definition) is 0. The Kier molecular flexibility index (Phi) is 4.11. The van der Waals surface area contributed by atoms with Gasteiger partial charge in [0.2, 0.25) is 0 Å². The van der Waals surface area contributed by atoms with E-state index in [9.17, 15) is 0 Å². The molecule has 0 spiro atoms. The Morgan fingerprint density at radius 1 is 0.769 bits per heavy atom. The lowest BCUT2D eigenvalue weighted by Crippen LogP contribution is -2.14. The molecule has 26 heavy (non-hydrogen) atoms. The molecule has 0 aliphatic heterocycles. The third kappa shape index (κ3) is 2.54. The summed E-state index contributed by atoms with van der Waals surface area (Å²) in [5.41, 5.74) is 6.90. The lowest BCUT2D eigenvalue weighted by Gasteiger charge is -2.23. The third-order valence-electron chi connectivity index (χ3n) is 5.97. The molecular formula is C25H27N. The van der Waals surface area contributed by atoms with Crippen molar-refractivity contribution < 1.29 is 0 Å². The van der Waals surface area contributed by atoms with E-state index >= 15 is 0 Å². The number of benzene rings is 3. The Morgan fingerprint density at radius 3 is 2.15 bits per heavy atom. The predicted molar refractivity (Wildman–Crippen MR) is 114 cm³/mol. The van der Waals surface area contributed by atoms with Gasteiger partial charge in [-0.2, -0.15) is 0 Å². The maximum atomic E-state index is 2.42. The summed E-state index contributed by atoms with van der Waals surface area (Å²) >= 11 is 0. The molecule has 0 fully saturated rings. The molecule has 0 N–H and O–H groups in total. The van der Waals surface area contributed by atoms with Crippen LogP contribution in [0.15, 0.2) is 66.7 Å². The maximum Gasteiger partial charge on any atom is 0.0497 e. The molecule has 3 aromatic carbocycles. The third-order valence-corrected chi connectivity index (χ3v) is 5.97. The Bertz CT molecular complexity index is 1060. The highest BCUT2D eigenvalue weighted by molar-refractivity contribution is 6.14. The fraction of sp³-hybridized carbons (Fsp3) is 0.280. The van der Waals surface area contributed by atoms with Gasteiger partial charge < -0.3 is 4.57 Å². The van der Waals surface area contributed by atoms with E-state index in [4.69, 9.17) is 0 Å². The Balaban J connectivity index is 1.95. The normalized spacial score (nSPS) is 12.2. The number of nitrogens with zero attached hydrogens (tertiary/aromatic N) is 1. The van der Waals surface area contributed by atoms with Gasteiger partial charge >= 0.3 is 0 Å². The zero-order chi connectivity index (χ0) is 18.3. The van der Waals surface area contributed by atoms with Crippen molar-refractivity contribution in [2.75, 3.05) is 0 Å². The van der Waals surface area contributed by atoms with E-state index in [1.165, 1.54) is 38.5 Å². The number of fused-ring (bicyclic) bond motifs is 3. The highest BCUT2D eigenvalue weighted by atomic mass is 15.0. The van der Waals surface area contributed by atoms with Gasteiger partial charge in [-0.25, -0.2) is 0 Å². The molecular weight excluding hydrogens is 314 g/mol. The summed E-state index contributed by atoms with van der Waals surface area (Å²) in [4.78, 5) is 0. The fourth-order valence-corrected chi connectivity index (χ4v) is 3.98. The standard InChI is InChI=1S/C25H27N/c1-5-25(3,4)19-16-14-18(15-17-19)20-11-9-13-23-24(20)21-10-7-8-12-22(21)26(23)6-2/h7-17H,5-6H2,1-4H3. The van der Waals surface area contributed by atoms with Crippen LogP contribution < -0.4 is 0 Å². The zero-order valence-corrected chi connectivity index (χ0v) is 16.2. The smallest absolute Gasteiger partial charge is 0.0497 e. The van der Waals surface area contributed by atoms with Gasteiger partial charge in [-0.3, -0.25) is 0 Å². The van der Waals surface area contributed by atoms with E-state index < -0.39 is 0 Å². The molecule has 0 aliphatic carbocycles. The van der Waals surface area contributed by atoms with Gasteiger partial charge in [0.1, 0.15) is 0 Å². The number of para-hydroxylation sites is 1. The maximum absolute atomic E-state index is 2.42. The van der Waals surface area contributed by atoms with Gasteiger partial charge in [0.05, 0.1) is 0 Å². The van der Waals surface area contributed by atoms with Crippen LogP contribution in [0, 0.1) is 0 Å². The first-order valence-corrected chi connectivity index (χ1v) is 9.67. The molecule has 1 heteroatoms. The largest absolute Gasteiger partial charge is 0.341 e. The summed E-state index contributed by atoms with van der Waals surface area (Å²) in [5.74, 6) is 0. The van der Waals surface area contributed by atoms with Crippen molar-refractivity contribution in [3.63, 3.8) is 0 Å². The van der Waals surface area contributed by atoms with E-state index in [2.05, 4.69) is 99.0 Å². The first-order chi connectivity index (χ1) is 12.6.